The summed E-state index contributed by atoms with van der Waals surface area (Å²) in [4.78, 5) is 14.6. The molecule has 0 unspecified atom stereocenters. The highest BCUT2D eigenvalue weighted by Crippen LogP contribution is 2.30. The molecule has 2 rings (SSSR count). The molecular weight excluding hydrogens is 244 g/mol. The van der Waals surface area contributed by atoms with Gasteiger partial charge in [0.15, 0.2) is 0 Å². The molecule has 19 heavy (non-hydrogen) atoms. The Hall–Kier alpha value is -1.85. The Morgan fingerprint density at radius 2 is 2.11 bits per heavy atom. The van der Waals surface area contributed by atoms with E-state index in [2.05, 4.69) is 17.2 Å². The van der Waals surface area contributed by atoms with E-state index in [4.69, 9.17) is 5.73 Å². The van der Waals surface area contributed by atoms with E-state index in [1.807, 2.05) is 0 Å². The van der Waals surface area contributed by atoms with Crippen molar-refractivity contribution in [2.24, 2.45) is 5.92 Å². The maximum Gasteiger partial charge on any atom is 0.311 e. The number of aromatic nitrogens is 1. The van der Waals surface area contributed by atoms with Crippen LogP contribution in [0.3, 0.4) is 0 Å². The first kappa shape index (κ1) is 13.6. The third-order valence-electron chi connectivity index (χ3n) is 3.86. The summed E-state index contributed by atoms with van der Waals surface area (Å²) >= 11 is 0. The summed E-state index contributed by atoms with van der Waals surface area (Å²) in [5.74, 6) is 1.39. The molecule has 1 aromatic heterocycles. The Balaban J connectivity index is 2.06. The second-order valence-corrected chi connectivity index (χ2v) is 5.13. The minimum absolute atomic E-state index is 0.00758. The van der Waals surface area contributed by atoms with E-state index < -0.39 is 4.92 Å². The van der Waals surface area contributed by atoms with Crippen LogP contribution in [0.15, 0.2) is 12.1 Å². The van der Waals surface area contributed by atoms with Crippen molar-refractivity contribution >= 4 is 17.3 Å². The van der Waals surface area contributed by atoms with Crippen LogP contribution in [-0.4, -0.2) is 15.9 Å². The molecule has 0 spiro atoms. The van der Waals surface area contributed by atoms with Gasteiger partial charge in [-0.2, -0.15) is 0 Å². The first-order valence-corrected chi connectivity index (χ1v) is 6.77. The zero-order valence-electron chi connectivity index (χ0n) is 11.1. The van der Waals surface area contributed by atoms with Gasteiger partial charge in [0.1, 0.15) is 5.82 Å². The first-order chi connectivity index (χ1) is 9.10. The molecule has 0 saturated heterocycles. The van der Waals surface area contributed by atoms with E-state index in [1.54, 1.807) is 0 Å². The number of anilines is 2. The van der Waals surface area contributed by atoms with Crippen molar-refractivity contribution in [1.82, 2.24) is 4.98 Å². The fraction of sp³-hybridized carbons (Fsp3) is 0.615. The van der Waals surface area contributed by atoms with Crippen molar-refractivity contribution in [3.05, 3.63) is 22.2 Å². The number of hydrogen-bond acceptors (Lipinski definition) is 5. The predicted molar refractivity (Wildman–Crippen MR) is 75.0 cm³/mol. The molecule has 0 bridgehead atoms. The lowest BCUT2D eigenvalue weighted by Gasteiger charge is -2.28. The average Bonchev–Trinajstić information content (AvgIpc) is 2.39. The molecule has 1 aromatic rings. The number of nitrogen functional groups attached to an aromatic ring is 1. The third-order valence-corrected chi connectivity index (χ3v) is 3.86. The molecule has 6 nitrogen and oxygen atoms in total. The van der Waals surface area contributed by atoms with Crippen molar-refractivity contribution in [2.75, 3.05) is 11.1 Å². The number of hydrogen-bond donors (Lipinski definition) is 2. The molecule has 1 fully saturated rings. The quantitative estimate of drug-likeness (QED) is 0.644. The van der Waals surface area contributed by atoms with Crippen LogP contribution in [-0.2, 0) is 0 Å². The smallest absolute Gasteiger partial charge is 0.311 e. The molecule has 1 aliphatic rings. The van der Waals surface area contributed by atoms with Crippen LogP contribution in [0.1, 0.15) is 39.0 Å². The molecule has 104 valence electrons. The van der Waals surface area contributed by atoms with Gasteiger partial charge in [-0.15, -0.1) is 0 Å². The number of nitrogens with two attached hydrogens (primary N) is 1. The Morgan fingerprint density at radius 3 is 2.68 bits per heavy atom. The molecule has 0 atom stereocenters. The van der Waals surface area contributed by atoms with Gasteiger partial charge in [0, 0.05) is 12.1 Å². The summed E-state index contributed by atoms with van der Waals surface area (Å²) in [5, 5.41) is 14.1. The summed E-state index contributed by atoms with van der Waals surface area (Å²) in [7, 11) is 0. The van der Waals surface area contributed by atoms with Gasteiger partial charge in [0.25, 0.3) is 0 Å². The van der Waals surface area contributed by atoms with Crippen molar-refractivity contribution in [1.29, 1.82) is 0 Å². The summed E-state index contributed by atoms with van der Waals surface area (Å²) in [5.41, 5.74) is 5.60. The van der Waals surface area contributed by atoms with Crippen molar-refractivity contribution < 1.29 is 4.92 Å². The first-order valence-electron chi connectivity index (χ1n) is 6.77. The highest BCUT2D eigenvalue weighted by atomic mass is 16.6. The minimum Gasteiger partial charge on any atom is -0.384 e. The van der Waals surface area contributed by atoms with Crippen molar-refractivity contribution in [3.63, 3.8) is 0 Å². The number of pyridine rings is 1. The summed E-state index contributed by atoms with van der Waals surface area (Å²) in [6.45, 7) is 2.21. The average molecular weight is 264 g/mol. The second kappa shape index (κ2) is 5.86. The molecule has 0 aromatic carbocycles. The molecule has 0 radical (unpaired) electrons. The highest BCUT2D eigenvalue weighted by Gasteiger charge is 2.23. The fourth-order valence-corrected chi connectivity index (χ4v) is 2.63. The van der Waals surface area contributed by atoms with E-state index in [0.717, 1.165) is 18.8 Å². The van der Waals surface area contributed by atoms with E-state index in [-0.39, 0.29) is 11.7 Å². The van der Waals surface area contributed by atoms with Gasteiger partial charge < -0.3 is 11.1 Å². The van der Waals surface area contributed by atoms with Crippen LogP contribution >= 0.6 is 0 Å². The topological polar surface area (TPSA) is 94.1 Å². The minimum atomic E-state index is -0.424. The van der Waals surface area contributed by atoms with Crippen LogP contribution in [0, 0.1) is 16.0 Å². The maximum absolute atomic E-state index is 11.0. The van der Waals surface area contributed by atoms with Crippen LogP contribution < -0.4 is 11.1 Å². The lowest BCUT2D eigenvalue weighted by atomic mass is 9.84. The molecule has 1 heterocycles. The number of nitro groups is 1. The predicted octanol–water partition coefficient (Wildman–Crippen LogP) is 2.95. The Bertz CT molecular complexity index is 456. The number of rotatable bonds is 4. The van der Waals surface area contributed by atoms with E-state index in [0.29, 0.717) is 11.6 Å². The number of nitrogens with one attached hydrogen (secondary N) is 1. The Kier molecular flexibility index (Phi) is 4.19. The number of nitrogens with zero attached hydrogens (tertiary/aromatic N) is 2. The fourth-order valence-electron chi connectivity index (χ4n) is 2.63. The van der Waals surface area contributed by atoms with Crippen LogP contribution in [0.25, 0.3) is 0 Å². The van der Waals surface area contributed by atoms with Gasteiger partial charge in [-0.05, 0) is 37.7 Å². The van der Waals surface area contributed by atoms with E-state index >= 15 is 0 Å². The van der Waals surface area contributed by atoms with Crippen molar-refractivity contribution in [3.8, 4) is 0 Å². The maximum atomic E-state index is 11.0. The van der Waals surface area contributed by atoms with E-state index in [9.17, 15) is 10.1 Å². The lowest BCUT2D eigenvalue weighted by Crippen LogP contribution is -2.26. The molecule has 0 amide bonds. The molecule has 6 heteroatoms. The van der Waals surface area contributed by atoms with Crippen molar-refractivity contribution in [2.45, 2.75) is 45.1 Å². The molecule has 3 N–H and O–H groups in total. The lowest BCUT2D eigenvalue weighted by molar-refractivity contribution is -0.384. The summed E-state index contributed by atoms with van der Waals surface area (Å²) < 4.78 is 0. The van der Waals surface area contributed by atoms with Gasteiger partial charge in [0.2, 0.25) is 5.82 Å². The molecule has 1 aliphatic carbocycles. The second-order valence-electron chi connectivity index (χ2n) is 5.13. The Morgan fingerprint density at radius 1 is 1.42 bits per heavy atom. The zero-order chi connectivity index (χ0) is 13.8. The van der Waals surface area contributed by atoms with E-state index in [1.165, 1.54) is 31.4 Å². The standard InChI is InChI=1S/C13H20N4O2/c1-2-9-3-5-10(6-4-9)15-13-11(17(18)19)7-8-12(14)16-13/h7-10H,2-6H2,1H3,(H3,14,15,16). The highest BCUT2D eigenvalue weighted by molar-refractivity contribution is 5.59. The normalized spacial score (nSPS) is 23.0. The van der Waals surface area contributed by atoms with Crippen LogP contribution in [0.5, 0.6) is 0 Å². The molecular formula is C13H20N4O2. The van der Waals surface area contributed by atoms with Gasteiger partial charge in [-0.1, -0.05) is 13.3 Å². The van der Waals surface area contributed by atoms with Crippen LogP contribution in [0.4, 0.5) is 17.3 Å². The third kappa shape index (κ3) is 3.33. The summed E-state index contributed by atoms with van der Waals surface area (Å²) in [6, 6.07) is 3.12. The van der Waals surface area contributed by atoms with Gasteiger partial charge in [-0.3, -0.25) is 10.1 Å². The summed E-state index contributed by atoms with van der Waals surface area (Å²) in [6.07, 6.45) is 5.62. The molecule has 1 saturated carbocycles. The van der Waals surface area contributed by atoms with Gasteiger partial charge in [-0.25, -0.2) is 4.98 Å². The zero-order valence-corrected chi connectivity index (χ0v) is 11.1. The Labute approximate surface area is 112 Å². The SMILES string of the molecule is CCC1CCC(Nc2nc(N)ccc2[N+](=O)[O-])CC1. The monoisotopic (exact) mass is 264 g/mol. The molecule has 0 aliphatic heterocycles. The van der Waals surface area contributed by atoms with Crippen LogP contribution in [0.2, 0.25) is 0 Å². The largest absolute Gasteiger partial charge is 0.384 e. The van der Waals surface area contributed by atoms with Gasteiger partial charge in [0.05, 0.1) is 4.92 Å². The van der Waals surface area contributed by atoms with Gasteiger partial charge >= 0.3 is 5.69 Å².